The van der Waals surface area contributed by atoms with Gasteiger partial charge >= 0.3 is 0 Å². The molecule has 1 aliphatic rings. The summed E-state index contributed by atoms with van der Waals surface area (Å²) in [4.78, 5) is 11.7. The second kappa shape index (κ2) is 8.46. The molecular weight excluding hydrogens is 381 g/mol. The van der Waals surface area contributed by atoms with Crippen LogP contribution >= 0.6 is 0 Å². The Morgan fingerprint density at radius 3 is 2.63 bits per heavy atom. The van der Waals surface area contributed by atoms with Crippen LogP contribution in [0, 0.1) is 17.1 Å². The minimum atomic E-state index is -0.521. The van der Waals surface area contributed by atoms with Crippen LogP contribution in [0.25, 0.3) is 22.4 Å². The predicted octanol–water partition coefficient (Wildman–Crippen LogP) is 4.24. The first-order valence-electron chi connectivity index (χ1n) is 10.1. The average Bonchev–Trinajstić information content (AvgIpc) is 3.43. The maximum atomic E-state index is 13.9. The minimum Gasteiger partial charge on any atom is -0.353 e. The number of nitrogens with zero attached hydrogens (tertiary/aromatic N) is 4. The van der Waals surface area contributed by atoms with E-state index < -0.39 is 5.82 Å². The molecule has 1 amide bonds. The molecule has 0 unspecified atom stereocenters. The van der Waals surface area contributed by atoms with Gasteiger partial charge in [-0.15, -0.1) is 5.10 Å². The van der Waals surface area contributed by atoms with Crippen LogP contribution in [0.1, 0.15) is 44.2 Å². The first-order chi connectivity index (χ1) is 14.6. The fraction of sp³-hybridized carbons (Fsp3) is 0.304. The fourth-order valence-corrected chi connectivity index (χ4v) is 3.98. The molecule has 3 aromatic rings. The molecule has 1 aliphatic carbocycles. The maximum absolute atomic E-state index is 13.9. The van der Waals surface area contributed by atoms with Crippen LogP contribution < -0.4 is 5.32 Å². The van der Waals surface area contributed by atoms with Crippen molar-refractivity contribution in [3.8, 4) is 28.5 Å². The second-order valence-corrected chi connectivity index (χ2v) is 7.53. The molecule has 1 heterocycles. The number of nitrogens with one attached hydrogen (secondary N) is 1. The Morgan fingerprint density at radius 1 is 1.20 bits per heavy atom. The molecule has 0 spiro atoms. The molecule has 1 aromatic heterocycles. The molecular formula is C23H22FN5O. The van der Waals surface area contributed by atoms with E-state index in [0.29, 0.717) is 6.42 Å². The Balaban J connectivity index is 1.53. The highest BCUT2D eigenvalue weighted by molar-refractivity contribution is 5.75. The third-order valence-electron chi connectivity index (χ3n) is 5.62. The van der Waals surface area contributed by atoms with Gasteiger partial charge in [-0.25, -0.2) is 9.07 Å². The quantitative estimate of drug-likeness (QED) is 0.691. The number of rotatable bonds is 5. The van der Waals surface area contributed by atoms with Crippen molar-refractivity contribution in [1.82, 2.24) is 20.3 Å². The Labute approximate surface area is 174 Å². The SMILES string of the molecule is CCC(=O)N[C@H]1CC[C@@H](n2nncc2-c2ccc(-c3ccc(C#N)c(F)c3)cc2)C1. The zero-order valence-corrected chi connectivity index (χ0v) is 16.7. The van der Waals surface area contributed by atoms with E-state index in [2.05, 4.69) is 15.6 Å². The second-order valence-electron chi connectivity index (χ2n) is 7.53. The van der Waals surface area contributed by atoms with Gasteiger partial charge in [-0.3, -0.25) is 4.79 Å². The van der Waals surface area contributed by atoms with Crippen molar-refractivity contribution in [2.75, 3.05) is 0 Å². The topological polar surface area (TPSA) is 83.6 Å². The molecule has 1 N–H and O–H groups in total. The molecule has 7 heteroatoms. The smallest absolute Gasteiger partial charge is 0.219 e. The van der Waals surface area contributed by atoms with Crippen molar-refractivity contribution in [3.05, 3.63) is 60.0 Å². The Kier molecular flexibility index (Phi) is 5.57. The van der Waals surface area contributed by atoms with Crippen LogP contribution in [0.2, 0.25) is 0 Å². The number of hydrogen-bond acceptors (Lipinski definition) is 4. The number of amides is 1. The number of nitriles is 1. The van der Waals surface area contributed by atoms with Crippen molar-refractivity contribution in [2.24, 2.45) is 0 Å². The molecule has 0 radical (unpaired) electrons. The average molecular weight is 403 g/mol. The first-order valence-corrected chi connectivity index (χ1v) is 10.1. The molecule has 1 fully saturated rings. The van der Waals surface area contributed by atoms with Gasteiger partial charge in [0.15, 0.2) is 0 Å². The molecule has 2 aromatic carbocycles. The summed E-state index contributed by atoms with van der Waals surface area (Å²) in [5.74, 6) is -0.443. The highest BCUT2D eigenvalue weighted by Crippen LogP contribution is 2.33. The van der Waals surface area contributed by atoms with Crippen molar-refractivity contribution >= 4 is 5.91 Å². The van der Waals surface area contributed by atoms with Crippen molar-refractivity contribution < 1.29 is 9.18 Å². The summed E-state index contributed by atoms with van der Waals surface area (Å²) in [6.45, 7) is 1.85. The monoisotopic (exact) mass is 403 g/mol. The molecule has 152 valence electrons. The maximum Gasteiger partial charge on any atom is 0.219 e. The summed E-state index contributed by atoms with van der Waals surface area (Å²) in [6, 6.07) is 14.6. The van der Waals surface area contributed by atoms with Gasteiger partial charge < -0.3 is 5.32 Å². The van der Waals surface area contributed by atoms with Gasteiger partial charge in [0.1, 0.15) is 11.9 Å². The van der Waals surface area contributed by atoms with Gasteiger partial charge in [0.2, 0.25) is 5.91 Å². The molecule has 1 saturated carbocycles. The number of carbonyl (C=O) groups is 1. The Hall–Kier alpha value is -3.53. The van der Waals surface area contributed by atoms with Crippen LogP contribution in [0.4, 0.5) is 4.39 Å². The van der Waals surface area contributed by atoms with Crippen LogP contribution in [0.3, 0.4) is 0 Å². The summed E-state index contributed by atoms with van der Waals surface area (Å²) in [7, 11) is 0. The summed E-state index contributed by atoms with van der Waals surface area (Å²) >= 11 is 0. The van der Waals surface area contributed by atoms with Crippen molar-refractivity contribution in [1.29, 1.82) is 5.26 Å². The lowest BCUT2D eigenvalue weighted by Crippen LogP contribution is -2.32. The summed E-state index contributed by atoms with van der Waals surface area (Å²) in [6.07, 6.45) is 4.94. The van der Waals surface area contributed by atoms with Gasteiger partial charge in [-0.2, -0.15) is 5.26 Å². The van der Waals surface area contributed by atoms with E-state index in [4.69, 9.17) is 5.26 Å². The van der Waals surface area contributed by atoms with Gasteiger partial charge in [-0.1, -0.05) is 42.5 Å². The highest BCUT2D eigenvalue weighted by atomic mass is 19.1. The molecule has 0 bridgehead atoms. The lowest BCUT2D eigenvalue weighted by atomic mass is 10.0. The van der Waals surface area contributed by atoms with Crippen molar-refractivity contribution in [2.45, 2.75) is 44.7 Å². The van der Waals surface area contributed by atoms with Gasteiger partial charge in [-0.05, 0) is 42.5 Å². The summed E-state index contributed by atoms with van der Waals surface area (Å²) in [5, 5.41) is 20.3. The number of hydrogen-bond donors (Lipinski definition) is 1. The van der Waals surface area contributed by atoms with E-state index in [1.807, 2.05) is 41.9 Å². The Morgan fingerprint density at radius 2 is 1.93 bits per heavy atom. The fourth-order valence-electron chi connectivity index (χ4n) is 3.98. The van der Waals surface area contributed by atoms with Gasteiger partial charge in [0.05, 0.1) is 23.5 Å². The lowest BCUT2D eigenvalue weighted by molar-refractivity contribution is -0.121. The van der Waals surface area contributed by atoms with E-state index in [1.54, 1.807) is 12.3 Å². The van der Waals surface area contributed by atoms with Crippen LogP contribution in [0.5, 0.6) is 0 Å². The van der Waals surface area contributed by atoms with Crippen LogP contribution in [-0.2, 0) is 4.79 Å². The van der Waals surface area contributed by atoms with E-state index in [1.165, 1.54) is 12.1 Å². The molecule has 0 aliphatic heterocycles. The number of halogens is 1. The highest BCUT2D eigenvalue weighted by Gasteiger charge is 2.29. The van der Waals surface area contributed by atoms with E-state index in [9.17, 15) is 9.18 Å². The molecule has 4 rings (SSSR count). The lowest BCUT2D eigenvalue weighted by Gasteiger charge is -2.15. The minimum absolute atomic E-state index is 0.0374. The predicted molar refractivity (Wildman–Crippen MR) is 111 cm³/mol. The molecule has 2 atom stereocenters. The van der Waals surface area contributed by atoms with E-state index in [0.717, 1.165) is 41.6 Å². The number of aromatic nitrogens is 3. The van der Waals surface area contributed by atoms with E-state index in [-0.39, 0.29) is 23.6 Å². The van der Waals surface area contributed by atoms with Gasteiger partial charge in [0.25, 0.3) is 0 Å². The Bertz CT molecular complexity index is 1100. The summed E-state index contributed by atoms with van der Waals surface area (Å²) < 4.78 is 15.9. The van der Waals surface area contributed by atoms with Gasteiger partial charge in [0, 0.05) is 18.0 Å². The van der Waals surface area contributed by atoms with Crippen molar-refractivity contribution in [3.63, 3.8) is 0 Å². The number of carbonyl (C=O) groups excluding carboxylic acids is 1. The third kappa shape index (κ3) is 3.94. The number of benzene rings is 2. The third-order valence-corrected chi connectivity index (χ3v) is 5.62. The zero-order valence-electron chi connectivity index (χ0n) is 16.7. The zero-order chi connectivity index (χ0) is 21.1. The normalized spacial score (nSPS) is 18.2. The molecule has 6 nitrogen and oxygen atoms in total. The van der Waals surface area contributed by atoms with E-state index >= 15 is 0 Å². The van der Waals surface area contributed by atoms with Crippen LogP contribution in [0.15, 0.2) is 48.7 Å². The first kappa shape index (κ1) is 19.8. The van der Waals surface area contributed by atoms with Crippen LogP contribution in [-0.4, -0.2) is 26.9 Å². The summed E-state index contributed by atoms with van der Waals surface area (Å²) in [5.41, 5.74) is 3.51. The molecule has 0 saturated heterocycles. The largest absolute Gasteiger partial charge is 0.353 e. The molecule has 30 heavy (non-hydrogen) atoms. The standard InChI is InChI=1S/C23H22FN5O/c1-2-23(30)27-19-9-10-20(12-19)29-22(14-26-28-29)16-5-3-15(4-6-16)17-7-8-18(13-25)21(24)11-17/h3-8,11,14,19-20H,2,9-10,12H2,1H3,(H,27,30)/t19-,20+/m0/s1.